The summed E-state index contributed by atoms with van der Waals surface area (Å²) in [6, 6.07) is 0. The average Bonchev–Trinajstić information content (AvgIpc) is 2.95. The number of hydrogen-bond donors (Lipinski definition) is 2. The van der Waals surface area contributed by atoms with Gasteiger partial charge in [0.1, 0.15) is 0 Å². The minimum absolute atomic E-state index is 0.0203. The van der Waals surface area contributed by atoms with E-state index in [2.05, 4.69) is 74.6 Å². The molecule has 10 nitrogen and oxygen atoms in total. The van der Waals surface area contributed by atoms with Gasteiger partial charge in [0.2, 0.25) is 0 Å². The van der Waals surface area contributed by atoms with Crippen LogP contribution < -0.4 is 11.1 Å². The van der Waals surface area contributed by atoms with Crippen LogP contribution in [0.25, 0.3) is 0 Å². The van der Waals surface area contributed by atoms with Crippen LogP contribution in [0.4, 0.5) is 4.79 Å². The highest BCUT2D eigenvalue weighted by Crippen LogP contribution is 2.40. The zero-order valence-electron chi connectivity index (χ0n) is 29.5. The number of alkyl carbamates (subject to hydrolysis) is 1. The largest absolute Gasteiger partial charge is 0.440 e. The van der Waals surface area contributed by atoms with Crippen LogP contribution in [0.15, 0.2) is 0 Å². The number of carbonyl (C=O) groups is 1. The summed E-state index contributed by atoms with van der Waals surface area (Å²) in [6.07, 6.45) is -1.90. The summed E-state index contributed by atoms with van der Waals surface area (Å²) in [7, 11) is 0. The van der Waals surface area contributed by atoms with Crippen molar-refractivity contribution in [2.75, 3.05) is 19.9 Å². The highest BCUT2D eigenvalue weighted by molar-refractivity contribution is 5.67. The Labute approximate surface area is 267 Å². The predicted octanol–water partition coefficient (Wildman–Crippen LogP) is 5.77. The molecule has 3 saturated heterocycles. The van der Waals surface area contributed by atoms with E-state index in [9.17, 15) is 4.79 Å². The van der Waals surface area contributed by atoms with Gasteiger partial charge in [0.05, 0.1) is 44.3 Å². The molecule has 3 fully saturated rings. The molecule has 10 heteroatoms. The van der Waals surface area contributed by atoms with Gasteiger partial charge in [0, 0.05) is 17.8 Å². The van der Waals surface area contributed by atoms with Gasteiger partial charge in [0.15, 0.2) is 25.0 Å². The van der Waals surface area contributed by atoms with Crippen LogP contribution in [0.3, 0.4) is 0 Å². The van der Waals surface area contributed by atoms with Gasteiger partial charge in [-0.2, -0.15) is 0 Å². The lowest BCUT2D eigenvalue weighted by Crippen LogP contribution is -2.56. The van der Waals surface area contributed by atoms with Crippen molar-refractivity contribution in [1.29, 1.82) is 0 Å². The average molecular weight is 629 g/mol. The van der Waals surface area contributed by atoms with E-state index in [1.165, 1.54) is 0 Å². The second-order valence-electron chi connectivity index (χ2n) is 14.7. The molecule has 258 valence electrons. The maximum Gasteiger partial charge on any atom is 0.408 e. The summed E-state index contributed by atoms with van der Waals surface area (Å²) >= 11 is 0. The van der Waals surface area contributed by atoms with E-state index in [-0.39, 0.29) is 79.9 Å². The molecule has 0 aromatic carbocycles. The molecule has 3 rings (SSSR count). The maximum atomic E-state index is 12.5. The Kier molecular flexibility index (Phi) is 14.2. The molecule has 3 N–H and O–H groups in total. The van der Waals surface area contributed by atoms with E-state index in [0.29, 0.717) is 30.3 Å². The summed E-state index contributed by atoms with van der Waals surface area (Å²) in [5, 5.41) is 2.53. The number of rotatable bonds is 12. The zero-order chi connectivity index (χ0) is 32.9. The van der Waals surface area contributed by atoms with Crippen molar-refractivity contribution in [3.8, 4) is 0 Å². The second kappa shape index (κ2) is 16.7. The van der Waals surface area contributed by atoms with Crippen molar-refractivity contribution in [2.45, 2.75) is 139 Å². The van der Waals surface area contributed by atoms with E-state index in [4.69, 9.17) is 38.9 Å². The molecule has 0 bridgehead atoms. The Morgan fingerprint density at radius 3 is 1.68 bits per heavy atom. The van der Waals surface area contributed by atoms with Crippen molar-refractivity contribution in [2.24, 2.45) is 59.0 Å². The lowest BCUT2D eigenvalue weighted by Gasteiger charge is -2.47. The van der Waals surface area contributed by atoms with Gasteiger partial charge in [-0.15, -0.1) is 0 Å². The van der Waals surface area contributed by atoms with Crippen LogP contribution in [0, 0.1) is 53.3 Å². The fourth-order valence-electron chi connectivity index (χ4n) is 6.89. The smallest absolute Gasteiger partial charge is 0.408 e. The molecule has 0 saturated carbocycles. The van der Waals surface area contributed by atoms with Crippen molar-refractivity contribution in [3.63, 3.8) is 0 Å². The highest BCUT2D eigenvalue weighted by Gasteiger charge is 2.47. The van der Waals surface area contributed by atoms with E-state index >= 15 is 0 Å². The van der Waals surface area contributed by atoms with Crippen LogP contribution in [0.5, 0.6) is 0 Å². The number of amides is 1. The predicted molar refractivity (Wildman–Crippen MR) is 169 cm³/mol. The van der Waals surface area contributed by atoms with E-state index in [1.54, 1.807) is 0 Å². The van der Waals surface area contributed by atoms with Gasteiger partial charge in [-0.3, -0.25) is 0 Å². The topological polar surface area (TPSA) is 120 Å². The van der Waals surface area contributed by atoms with Gasteiger partial charge in [-0.05, 0) is 55.8 Å². The Morgan fingerprint density at radius 1 is 0.659 bits per heavy atom. The standard InChI is InChI=1S/C34H64N2O8/c1-17(2)13-27-21(7)19(5)25(11)31(41-27)38-14-29-23(9)24(10)30(44-34(37)36-16-35)33(43-29)39-15-28-22(8)20(6)26(12)32(42-28)40-18(3)4/h17-33H,13-16,35H2,1-12H3,(H,36,37)/t19-,20-,21+,22+,23+,24-,25?,26?,27?,28?,29?,30?,31-,32-,33-/m1/s1. The van der Waals surface area contributed by atoms with Crippen molar-refractivity contribution < 1.29 is 38.0 Å². The number of nitrogens with one attached hydrogen (secondary N) is 1. The van der Waals surface area contributed by atoms with E-state index in [1.807, 2.05) is 13.8 Å². The van der Waals surface area contributed by atoms with Gasteiger partial charge < -0.3 is 44.2 Å². The normalized spacial score (nSPS) is 43.3. The van der Waals surface area contributed by atoms with Gasteiger partial charge in [0.25, 0.3) is 0 Å². The van der Waals surface area contributed by atoms with E-state index < -0.39 is 18.5 Å². The first-order valence-electron chi connectivity index (χ1n) is 17.2. The Hall–Kier alpha value is -1.01. The van der Waals surface area contributed by atoms with Crippen LogP contribution in [-0.2, 0) is 33.2 Å². The maximum absolute atomic E-state index is 12.5. The molecule has 0 aromatic heterocycles. The molecule has 44 heavy (non-hydrogen) atoms. The quantitative estimate of drug-likeness (QED) is 0.260. The minimum atomic E-state index is -0.800. The molecular weight excluding hydrogens is 564 g/mol. The first kappa shape index (κ1) is 37.4. The lowest BCUT2D eigenvalue weighted by molar-refractivity contribution is -0.315. The summed E-state index contributed by atoms with van der Waals surface area (Å²) < 4.78 is 44.4. The van der Waals surface area contributed by atoms with Crippen LogP contribution >= 0.6 is 0 Å². The summed E-state index contributed by atoms with van der Waals surface area (Å²) in [6.45, 7) is 26.7. The molecular formula is C34H64N2O8. The van der Waals surface area contributed by atoms with Crippen LogP contribution in [0.2, 0.25) is 0 Å². The van der Waals surface area contributed by atoms with Gasteiger partial charge in [-0.1, -0.05) is 69.2 Å². The molecule has 0 spiro atoms. The summed E-state index contributed by atoms with van der Waals surface area (Å²) in [4.78, 5) is 12.5. The fourth-order valence-corrected chi connectivity index (χ4v) is 6.89. The second-order valence-corrected chi connectivity index (χ2v) is 14.7. The Balaban J connectivity index is 1.73. The van der Waals surface area contributed by atoms with Crippen molar-refractivity contribution in [1.82, 2.24) is 5.32 Å². The molecule has 3 aliphatic heterocycles. The third-order valence-electron chi connectivity index (χ3n) is 10.9. The number of ether oxygens (including phenoxy) is 7. The molecule has 6 unspecified atom stereocenters. The molecule has 3 aliphatic rings. The molecule has 1 amide bonds. The first-order valence-corrected chi connectivity index (χ1v) is 17.2. The number of hydrogen-bond acceptors (Lipinski definition) is 9. The third-order valence-corrected chi connectivity index (χ3v) is 10.9. The lowest BCUT2D eigenvalue weighted by atomic mass is 9.77. The molecule has 0 aromatic rings. The monoisotopic (exact) mass is 628 g/mol. The van der Waals surface area contributed by atoms with Crippen molar-refractivity contribution in [3.05, 3.63) is 0 Å². The molecule has 3 heterocycles. The highest BCUT2D eigenvalue weighted by atomic mass is 16.7. The Bertz CT molecular complexity index is 876. The van der Waals surface area contributed by atoms with Gasteiger partial charge in [-0.25, -0.2) is 4.79 Å². The van der Waals surface area contributed by atoms with Crippen LogP contribution in [0.1, 0.15) is 89.5 Å². The molecule has 15 atom stereocenters. The number of nitrogens with two attached hydrogens (primary N) is 1. The van der Waals surface area contributed by atoms with E-state index in [0.717, 1.165) is 6.42 Å². The molecule has 0 radical (unpaired) electrons. The van der Waals surface area contributed by atoms with Crippen molar-refractivity contribution >= 4 is 6.09 Å². The third kappa shape index (κ3) is 9.29. The zero-order valence-corrected chi connectivity index (χ0v) is 29.5. The Morgan fingerprint density at radius 2 is 1.14 bits per heavy atom. The SMILES string of the molecule is CC(C)CC1O[C@@H](OCC2O[C@@H](OCC3O[C@@H](OC(C)C)C(C)[C@H](C)[C@@H]3C)C(OC(=O)NCN)[C@H](C)[C@@H]2C)C(C)[C@H](C)[C@@H]1C. The first-order chi connectivity index (χ1) is 20.7. The minimum Gasteiger partial charge on any atom is -0.440 e. The fraction of sp³-hybridized carbons (Fsp3) is 0.971. The summed E-state index contributed by atoms with van der Waals surface area (Å²) in [5.41, 5.74) is 5.54. The molecule has 0 aliphatic carbocycles. The van der Waals surface area contributed by atoms with Gasteiger partial charge >= 0.3 is 6.09 Å². The number of carbonyl (C=O) groups excluding carboxylic acids is 1. The summed E-state index contributed by atoms with van der Waals surface area (Å²) in [5.74, 6) is 2.57. The van der Waals surface area contributed by atoms with Crippen LogP contribution in [-0.4, -0.2) is 75.4 Å².